The van der Waals surface area contributed by atoms with Crippen LogP contribution in [0, 0.1) is 7.27 Å². The highest BCUT2D eigenvalue weighted by Crippen LogP contribution is 2.21. The van der Waals surface area contributed by atoms with Crippen molar-refractivity contribution in [1.29, 1.82) is 0 Å². The molecule has 0 saturated heterocycles. The van der Waals surface area contributed by atoms with Crippen molar-refractivity contribution in [3.05, 3.63) is 49.9 Å². The molecule has 70 valence electrons. The molecule has 0 atom stereocenters. The van der Waals surface area contributed by atoms with Gasteiger partial charge in [-0.25, -0.2) is 0 Å². The van der Waals surface area contributed by atoms with E-state index in [0.717, 1.165) is 3.70 Å². The molecule has 3 heteroatoms. The molecule has 0 radical (unpaired) electrons. The van der Waals surface area contributed by atoms with Crippen molar-refractivity contribution >= 4 is 45.2 Å². The number of hydrogen-bond acceptors (Lipinski definition) is 1. The molecule has 14 heavy (non-hydrogen) atoms. The van der Waals surface area contributed by atoms with Gasteiger partial charge in [-0.2, -0.15) is 0 Å². The summed E-state index contributed by atoms with van der Waals surface area (Å²) in [6.07, 6.45) is 1.84. The lowest BCUT2D eigenvalue weighted by Crippen LogP contribution is -1.83. The first-order chi connectivity index (χ1) is 6.75. The van der Waals surface area contributed by atoms with Crippen LogP contribution in [0.2, 0.25) is 0 Å². The summed E-state index contributed by atoms with van der Waals surface area (Å²) in [5.74, 6) is 0. The summed E-state index contributed by atoms with van der Waals surface area (Å²) in [5, 5.41) is 0. The second kappa shape index (κ2) is 4.57. The van der Waals surface area contributed by atoms with E-state index in [1.165, 1.54) is 14.7 Å². The maximum absolute atomic E-state index is 4.17. The van der Waals surface area contributed by atoms with Gasteiger partial charge in [0.05, 0.1) is 0 Å². The van der Waals surface area contributed by atoms with Crippen molar-refractivity contribution in [1.82, 2.24) is 4.98 Å². The zero-order chi connectivity index (χ0) is 9.97. The van der Waals surface area contributed by atoms with E-state index in [9.17, 15) is 0 Å². The Kier molecular flexibility index (Phi) is 3.38. The predicted molar refractivity (Wildman–Crippen MR) is 75.1 cm³/mol. The van der Waals surface area contributed by atoms with Gasteiger partial charge in [0.2, 0.25) is 0 Å². The average molecular weight is 407 g/mol. The van der Waals surface area contributed by atoms with Crippen molar-refractivity contribution in [3.63, 3.8) is 0 Å². The maximum Gasteiger partial charge on any atom is 0.101 e. The summed E-state index contributed by atoms with van der Waals surface area (Å²) in [7, 11) is 0. The molecule has 0 bridgehead atoms. The molecule has 2 aromatic rings. The Balaban J connectivity index is 2.49. The van der Waals surface area contributed by atoms with Gasteiger partial charge in [0, 0.05) is 9.77 Å². The second-order valence-corrected chi connectivity index (χ2v) is 5.23. The topological polar surface area (TPSA) is 12.9 Å². The van der Waals surface area contributed by atoms with Crippen molar-refractivity contribution < 1.29 is 0 Å². The number of benzene rings is 1. The highest BCUT2D eigenvalue weighted by atomic mass is 127. The Bertz CT molecular complexity index is 411. The SMILES string of the molecule is Ic1cccc(-c2ccnc(I)c2)c1. The molecule has 0 aliphatic rings. The molecule has 0 spiro atoms. The van der Waals surface area contributed by atoms with Crippen molar-refractivity contribution in [2.24, 2.45) is 0 Å². The van der Waals surface area contributed by atoms with Crippen LogP contribution in [0.25, 0.3) is 11.1 Å². The Morgan fingerprint density at radius 2 is 1.71 bits per heavy atom. The first kappa shape index (κ1) is 10.4. The first-order valence-corrected chi connectivity index (χ1v) is 6.29. The van der Waals surface area contributed by atoms with Crippen LogP contribution >= 0.6 is 45.2 Å². The van der Waals surface area contributed by atoms with E-state index in [1.807, 2.05) is 12.3 Å². The van der Waals surface area contributed by atoms with E-state index >= 15 is 0 Å². The van der Waals surface area contributed by atoms with Crippen molar-refractivity contribution in [3.8, 4) is 11.1 Å². The number of hydrogen-bond donors (Lipinski definition) is 0. The average Bonchev–Trinajstić information content (AvgIpc) is 2.18. The Hall–Kier alpha value is -0.170. The molecule has 0 aliphatic heterocycles. The third kappa shape index (κ3) is 2.44. The van der Waals surface area contributed by atoms with Gasteiger partial charge in [0.1, 0.15) is 3.70 Å². The van der Waals surface area contributed by atoms with Crippen LogP contribution in [-0.4, -0.2) is 4.98 Å². The van der Waals surface area contributed by atoms with Crippen LogP contribution in [0.15, 0.2) is 42.6 Å². The van der Waals surface area contributed by atoms with Gasteiger partial charge in [-0.3, -0.25) is 4.98 Å². The van der Waals surface area contributed by atoms with E-state index in [0.29, 0.717) is 0 Å². The predicted octanol–water partition coefficient (Wildman–Crippen LogP) is 3.96. The van der Waals surface area contributed by atoms with E-state index in [4.69, 9.17) is 0 Å². The van der Waals surface area contributed by atoms with E-state index in [1.54, 1.807) is 0 Å². The summed E-state index contributed by atoms with van der Waals surface area (Å²) in [5.41, 5.74) is 2.47. The van der Waals surface area contributed by atoms with Gasteiger partial charge in [-0.1, -0.05) is 12.1 Å². The number of halogens is 2. The van der Waals surface area contributed by atoms with Gasteiger partial charge in [-0.05, 0) is 80.6 Å². The summed E-state index contributed by atoms with van der Waals surface area (Å²) in [4.78, 5) is 4.17. The largest absolute Gasteiger partial charge is 0.250 e. The van der Waals surface area contributed by atoms with Crippen molar-refractivity contribution in [2.45, 2.75) is 0 Å². The summed E-state index contributed by atoms with van der Waals surface area (Å²) >= 11 is 4.55. The molecule has 1 aromatic carbocycles. The minimum absolute atomic E-state index is 1.03. The summed E-state index contributed by atoms with van der Waals surface area (Å²) in [6.45, 7) is 0. The third-order valence-corrected chi connectivity index (χ3v) is 3.15. The second-order valence-electron chi connectivity index (χ2n) is 2.88. The maximum atomic E-state index is 4.17. The fraction of sp³-hybridized carbons (Fsp3) is 0. The lowest BCUT2D eigenvalue weighted by molar-refractivity contribution is 1.27. The molecular weight excluding hydrogens is 400 g/mol. The van der Waals surface area contributed by atoms with E-state index in [-0.39, 0.29) is 0 Å². The molecule has 0 amide bonds. The molecule has 1 heterocycles. The van der Waals surface area contributed by atoms with Crippen LogP contribution in [0.5, 0.6) is 0 Å². The van der Waals surface area contributed by atoms with E-state index < -0.39 is 0 Å². The van der Waals surface area contributed by atoms with Crippen LogP contribution < -0.4 is 0 Å². The highest BCUT2D eigenvalue weighted by Gasteiger charge is 1.98. The zero-order valence-electron chi connectivity index (χ0n) is 7.24. The molecule has 0 unspecified atom stereocenters. The molecule has 1 aromatic heterocycles. The van der Waals surface area contributed by atoms with Crippen molar-refractivity contribution in [2.75, 3.05) is 0 Å². The van der Waals surface area contributed by atoms with Gasteiger partial charge >= 0.3 is 0 Å². The third-order valence-electron chi connectivity index (χ3n) is 1.88. The molecule has 0 fully saturated rings. The number of nitrogens with zero attached hydrogens (tertiary/aromatic N) is 1. The molecule has 0 saturated carbocycles. The monoisotopic (exact) mass is 407 g/mol. The van der Waals surface area contributed by atoms with Crippen LogP contribution in [0.3, 0.4) is 0 Å². The van der Waals surface area contributed by atoms with Gasteiger partial charge in [0.25, 0.3) is 0 Å². The Morgan fingerprint density at radius 1 is 0.929 bits per heavy atom. The Labute approximate surface area is 110 Å². The van der Waals surface area contributed by atoms with Gasteiger partial charge in [-0.15, -0.1) is 0 Å². The van der Waals surface area contributed by atoms with E-state index in [2.05, 4.69) is 80.5 Å². The zero-order valence-corrected chi connectivity index (χ0v) is 11.6. The normalized spacial score (nSPS) is 10.1. The number of rotatable bonds is 1. The standard InChI is InChI=1S/C11H7I2N/c12-10-3-1-2-8(6-10)9-4-5-14-11(13)7-9/h1-7H. The lowest BCUT2D eigenvalue weighted by Gasteiger charge is -2.01. The number of aromatic nitrogens is 1. The van der Waals surface area contributed by atoms with Gasteiger partial charge in [0.15, 0.2) is 0 Å². The molecule has 1 nitrogen and oxygen atoms in total. The summed E-state index contributed by atoms with van der Waals surface area (Å²) in [6, 6.07) is 12.6. The minimum atomic E-state index is 1.03. The number of pyridine rings is 1. The van der Waals surface area contributed by atoms with Crippen LogP contribution in [-0.2, 0) is 0 Å². The fourth-order valence-electron chi connectivity index (χ4n) is 1.25. The summed E-state index contributed by atoms with van der Waals surface area (Å²) < 4.78 is 2.28. The van der Waals surface area contributed by atoms with Crippen LogP contribution in [0.1, 0.15) is 0 Å². The van der Waals surface area contributed by atoms with Gasteiger partial charge < -0.3 is 0 Å². The highest BCUT2D eigenvalue weighted by molar-refractivity contribution is 14.1. The smallest absolute Gasteiger partial charge is 0.101 e. The molecule has 0 aliphatic carbocycles. The molecular formula is C11H7I2N. The Morgan fingerprint density at radius 3 is 2.43 bits per heavy atom. The minimum Gasteiger partial charge on any atom is -0.250 e. The first-order valence-electron chi connectivity index (χ1n) is 4.13. The molecule has 2 rings (SSSR count). The lowest BCUT2D eigenvalue weighted by atomic mass is 10.1. The van der Waals surface area contributed by atoms with Crippen LogP contribution in [0.4, 0.5) is 0 Å². The fourth-order valence-corrected chi connectivity index (χ4v) is 2.29. The quantitative estimate of drug-likeness (QED) is 0.516. The molecule has 0 N–H and O–H groups in total.